The highest BCUT2D eigenvalue weighted by atomic mass is 16.6. The average Bonchev–Trinajstić information content (AvgIpc) is 2.36. The van der Waals surface area contributed by atoms with Gasteiger partial charge in [0.05, 0.1) is 4.92 Å². The molecule has 0 aliphatic carbocycles. The van der Waals surface area contributed by atoms with Crippen molar-refractivity contribution in [1.29, 1.82) is 0 Å². The van der Waals surface area contributed by atoms with Gasteiger partial charge in [0, 0.05) is 30.8 Å². The number of rotatable bonds is 7. The summed E-state index contributed by atoms with van der Waals surface area (Å²) in [5.74, 6) is 0. The first kappa shape index (κ1) is 14.6. The molecule has 0 aromatic heterocycles. The van der Waals surface area contributed by atoms with E-state index in [1.165, 1.54) is 6.07 Å². The lowest BCUT2D eigenvalue weighted by atomic mass is 10.1. The summed E-state index contributed by atoms with van der Waals surface area (Å²) < 4.78 is 0. The maximum atomic E-state index is 10.7. The Morgan fingerprint density at radius 2 is 2.17 bits per heavy atom. The minimum absolute atomic E-state index is 0.0543. The van der Waals surface area contributed by atoms with Crippen LogP contribution in [0.25, 0.3) is 0 Å². The fourth-order valence-electron chi connectivity index (χ4n) is 1.91. The van der Waals surface area contributed by atoms with Crippen LogP contribution in [0.1, 0.15) is 38.3 Å². The molecule has 0 heterocycles. The number of benzene rings is 1. The second-order valence-electron chi connectivity index (χ2n) is 4.51. The Hall–Kier alpha value is -1.46. The number of hydrogen-bond donors (Lipinski definition) is 2. The molecule has 2 atom stereocenters. The summed E-state index contributed by atoms with van der Waals surface area (Å²) >= 11 is 0. The maximum Gasteiger partial charge on any atom is 0.269 e. The Labute approximate surface area is 107 Å². The highest BCUT2D eigenvalue weighted by Gasteiger charge is 2.12. The molecule has 1 aromatic carbocycles. The molecule has 100 valence electrons. The monoisotopic (exact) mass is 252 g/mol. The average molecular weight is 252 g/mol. The summed E-state index contributed by atoms with van der Waals surface area (Å²) in [6, 6.07) is 6.99. The molecule has 0 fully saturated rings. The third-order valence-electron chi connectivity index (χ3n) is 2.91. The minimum Gasteiger partial charge on any atom is -0.396 e. The summed E-state index contributed by atoms with van der Waals surface area (Å²) in [5, 5.41) is 22.8. The fraction of sp³-hybridized carbons (Fsp3) is 0.538. The van der Waals surface area contributed by atoms with Crippen molar-refractivity contribution >= 4 is 5.69 Å². The van der Waals surface area contributed by atoms with Crippen molar-refractivity contribution in [3.63, 3.8) is 0 Å². The van der Waals surface area contributed by atoms with E-state index in [0.717, 1.165) is 18.4 Å². The van der Waals surface area contributed by atoms with Gasteiger partial charge in [0.1, 0.15) is 0 Å². The van der Waals surface area contributed by atoms with Gasteiger partial charge < -0.3 is 10.4 Å². The van der Waals surface area contributed by atoms with Crippen LogP contribution in [0.5, 0.6) is 0 Å². The first-order valence-corrected chi connectivity index (χ1v) is 6.16. The van der Waals surface area contributed by atoms with E-state index in [-0.39, 0.29) is 29.3 Å². The van der Waals surface area contributed by atoms with Crippen LogP contribution in [-0.2, 0) is 0 Å². The standard InChI is InChI=1S/C13H20N2O3/c1-10(5-4-8-16)14-11(2)12-6-3-7-13(9-12)15(17)18/h3,6-7,9-11,14,16H,4-5,8H2,1-2H3. The van der Waals surface area contributed by atoms with Crippen LogP contribution in [0.4, 0.5) is 5.69 Å². The molecule has 0 aliphatic heterocycles. The van der Waals surface area contributed by atoms with Gasteiger partial charge in [-0.15, -0.1) is 0 Å². The lowest BCUT2D eigenvalue weighted by molar-refractivity contribution is -0.384. The normalized spacial score (nSPS) is 14.2. The molecular weight excluding hydrogens is 232 g/mol. The summed E-state index contributed by atoms with van der Waals surface area (Å²) in [6.07, 6.45) is 1.64. The largest absolute Gasteiger partial charge is 0.396 e. The third-order valence-corrected chi connectivity index (χ3v) is 2.91. The van der Waals surface area contributed by atoms with E-state index < -0.39 is 0 Å². The predicted molar refractivity (Wildman–Crippen MR) is 70.4 cm³/mol. The number of aliphatic hydroxyl groups is 1. The molecule has 0 saturated heterocycles. The first-order chi connectivity index (χ1) is 8.54. The van der Waals surface area contributed by atoms with Crippen LogP contribution in [0.3, 0.4) is 0 Å². The topological polar surface area (TPSA) is 75.4 Å². The quantitative estimate of drug-likeness (QED) is 0.577. The Kier molecular flexibility index (Phi) is 5.74. The van der Waals surface area contributed by atoms with Crippen molar-refractivity contribution in [1.82, 2.24) is 5.32 Å². The van der Waals surface area contributed by atoms with Crippen LogP contribution in [0.15, 0.2) is 24.3 Å². The Balaban J connectivity index is 2.63. The fourth-order valence-corrected chi connectivity index (χ4v) is 1.91. The number of hydrogen-bond acceptors (Lipinski definition) is 4. The maximum absolute atomic E-state index is 10.7. The molecule has 0 aliphatic rings. The van der Waals surface area contributed by atoms with E-state index >= 15 is 0 Å². The number of non-ortho nitro benzene ring substituents is 1. The number of nitro groups is 1. The van der Waals surface area contributed by atoms with E-state index in [9.17, 15) is 10.1 Å². The molecule has 5 heteroatoms. The van der Waals surface area contributed by atoms with Crippen molar-refractivity contribution in [3.05, 3.63) is 39.9 Å². The van der Waals surface area contributed by atoms with Crippen molar-refractivity contribution in [3.8, 4) is 0 Å². The van der Waals surface area contributed by atoms with Gasteiger partial charge in [-0.3, -0.25) is 10.1 Å². The van der Waals surface area contributed by atoms with Crippen LogP contribution in [-0.4, -0.2) is 22.7 Å². The molecule has 1 rings (SSSR count). The summed E-state index contributed by atoms with van der Waals surface area (Å²) in [6.45, 7) is 4.22. The van der Waals surface area contributed by atoms with E-state index in [4.69, 9.17) is 5.11 Å². The van der Waals surface area contributed by atoms with Crippen molar-refractivity contribution in [2.75, 3.05) is 6.61 Å². The van der Waals surface area contributed by atoms with Crippen molar-refractivity contribution in [2.24, 2.45) is 0 Å². The Morgan fingerprint density at radius 3 is 2.78 bits per heavy atom. The number of aliphatic hydroxyl groups excluding tert-OH is 1. The molecule has 0 spiro atoms. The number of nitro benzene ring substituents is 1. The SMILES string of the molecule is CC(CCCO)NC(C)c1cccc([N+](=O)[O-])c1. The number of nitrogens with zero attached hydrogens (tertiary/aromatic N) is 1. The second kappa shape index (κ2) is 7.08. The van der Waals surface area contributed by atoms with Crippen LogP contribution < -0.4 is 5.32 Å². The molecule has 2 unspecified atom stereocenters. The molecular formula is C13H20N2O3. The van der Waals surface area contributed by atoms with E-state index in [0.29, 0.717) is 0 Å². The van der Waals surface area contributed by atoms with Gasteiger partial charge in [-0.05, 0) is 32.3 Å². The highest BCUT2D eigenvalue weighted by molar-refractivity contribution is 5.35. The number of nitrogens with one attached hydrogen (secondary N) is 1. The molecule has 0 amide bonds. The van der Waals surface area contributed by atoms with Crippen molar-refractivity contribution < 1.29 is 10.0 Å². The minimum atomic E-state index is -0.384. The lowest BCUT2D eigenvalue weighted by Gasteiger charge is -2.20. The molecule has 5 nitrogen and oxygen atoms in total. The van der Waals surface area contributed by atoms with Gasteiger partial charge in [-0.1, -0.05) is 12.1 Å². The molecule has 18 heavy (non-hydrogen) atoms. The second-order valence-corrected chi connectivity index (χ2v) is 4.51. The van der Waals surface area contributed by atoms with Gasteiger partial charge in [0.15, 0.2) is 0 Å². The molecule has 0 radical (unpaired) electrons. The molecule has 1 aromatic rings. The van der Waals surface area contributed by atoms with Gasteiger partial charge in [0.25, 0.3) is 5.69 Å². The smallest absolute Gasteiger partial charge is 0.269 e. The van der Waals surface area contributed by atoms with Gasteiger partial charge in [0.2, 0.25) is 0 Å². The summed E-state index contributed by atoms with van der Waals surface area (Å²) in [4.78, 5) is 10.3. The summed E-state index contributed by atoms with van der Waals surface area (Å²) in [5.41, 5.74) is 1.02. The summed E-state index contributed by atoms with van der Waals surface area (Å²) in [7, 11) is 0. The predicted octanol–water partition coefficient (Wildman–Crippen LogP) is 2.41. The van der Waals surface area contributed by atoms with E-state index in [1.54, 1.807) is 12.1 Å². The first-order valence-electron chi connectivity index (χ1n) is 6.16. The highest BCUT2D eigenvalue weighted by Crippen LogP contribution is 2.19. The molecule has 0 saturated carbocycles. The van der Waals surface area contributed by atoms with Crippen LogP contribution in [0.2, 0.25) is 0 Å². The zero-order valence-corrected chi connectivity index (χ0v) is 10.8. The van der Waals surface area contributed by atoms with Crippen molar-refractivity contribution in [2.45, 2.75) is 38.8 Å². The third kappa shape index (κ3) is 4.43. The van der Waals surface area contributed by atoms with Crippen LogP contribution >= 0.6 is 0 Å². The van der Waals surface area contributed by atoms with Gasteiger partial charge in [-0.25, -0.2) is 0 Å². The van der Waals surface area contributed by atoms with E-state index in [1.807, 2.05) is 19.9 Å². The lowest BCUT2D eigenvalue weighted by Crippen LogP contribution is -2.29. The molecule has 0 bridgehead atoms. The van der Waals surface area contributed by atoms with Gasteiger partial charge >= 0.3 is 0 Å². The zero-order chi connectivity index (χ0) is 13.5. The molecule has 2 N–H and O–H groups in total. The Morgan fingerprint density at radius 1 is 1.44 bits per heavy atom. The Bertz CT molecular complexity index is 396. The van der Waals surface area contributed by atoms with E-state index in [2.05, 4.69) is 5.32 Å². The van der Waals surface area contributed by atoms with Crippen LogP contribution in [0, 0.1) is 10.1 Å². The zero-order valence-electron chi connectivity index (χ0n) is 10.8. The van der Waals surface area contributed by atoms with Gasteiger partial charge in [-0.2, -0.15) is 0 Å².